The van der Waals surface area contributed by atoms with Crippen molar-refractivity contribution in [1.29, 1.82) is 0 Å². The average molecular weight is 342 g/mol. The van der Waals surface area contributed by atoms with Crippen LogP contribution in [0.1, 0.15) is 23.3 Å². The molecular weight excluding hydrogens is 325 g/mol. The number of thiophene rings is 1. The fraction of sp³-hybridized carbons (Fsp3) is 0.667. The summed E-state index contributed by atoms with van der Waals surface area (Å²) in [6.07, 6.45) is -2.32. The fourth-order valence-corrected chi connectivity index (χ4v) is 4.71. The van der Waals surface area contributed by atoms with Crippen LogP contribution in [0.3, 0.4) is 0 Å². The van der Waals surface area contributed by atoms with Gasteiger partial charge in [-0.2, -0.15) is 17.5 Å². The van der Waals surface area contributed by atoms with Gasteiger partial charge in [-0.15, -0.1) is 11.3 Å². The third kappa shape index (κ3) is 4.41. The number of hydrogen-bond donors (Lipinski definition) is 1. The van der Waals surface area contributed by atoms with Crippen LogP contribution in [0.25, 0.3) is 0 Å². The first kappa shape index (κ1) is 16.7. The van der Waals surface area contributed by atoms with Crippen LogP contribution >= 0.6 is 11.3 Å². The number of nitrogens with zero attached hydrogens (tertiary/aromatic N) is 1. The summed E-state index contributed by atoms with van der Waals surface area (Å²) >= 11 is 1.03. The van der Waals surface area contributed by atoms with E-state index >= 15 is 0 Å². The number of alkyl halides is 3. The van der Waals surface area contributed by atoms with Gasteiger partial charge in [-0.05, 0) is 31.4 Å². The lowest BCUT2D eigenvalue weighted by atomic mass is 10.3. The lowest BCUT2D eigenvalue weighted by Gasteiger charge is -2.17. The minimum Gasteiger partial charge on any atom is -0.309 e. The van der Waals surface area contributed by atoms with Gasteiger partial charge in [0.1, 0.15) is 10.8 Å². The van der Waals surface area contributed by atoms with Crippen LogP contribution in [0.5, 0.6) is 0 Å². The van der Waals surface area contributed by atoms with E-state index in [1.54, 1.807) is 6.92 Å². The van der Waals surface area contributed by atoms with Gasteiger partial charge < -0.3 is 5.32 Å². The molecule has 0 aliphatic heterocycles. The van der Waals surface area contributed by atoms with E-state index < -0.39 is 22.7 Å². The first-order chi connectivity index (χ1) is 9.59. The molecule has 21 heavy (non-hydrogen) atoms. The molecule has 1 aromatic rings. The summed E-state index contributed by atoms with van der Waals surface area (Å²) in [6.45, 7) is 0.838. The molecule has 1 aromatic heterocycles. The van der Waals surface area contributed by atoms with Gasteiger partial charge in [-0.3, -0.25) is 0 Å². The number of rotatable bonds is 6. The fourth-order valence-electron chi connectivity index (χ4n) is 1.81. The van der Waals surface area contributed by atoms with Gasteiger partial charge in [0.25, 0.3) is 10.0 Å². The quantitative estimate of drug-likeness (QED) is 0.864. The third-order valence-corrected chi connectivity index (χ3v) is 6.68. The van der Waals surface area contributed by atoms with Crippen molar-refractivity contribution in [3.63, 3.8) is 0 Å². The van der Waals surface area contributed by atoms with Gasteiger partial charge in [0, 0.05) is 24.5 Å². The summed E-state index contributed by atoms with van der Waals surface area (Å²) in [4.78, 5) is 0.848. The van der Waals surface area contributed by atoms with E-state index in [2.05, 4.69) is 5.32 Å². The van der Waals surface area contributed by atoms with Crippen molar-refractivity contribution in [2.24, 2.45) is 0 Å². The summed E-state index contributed by atoms with van der Waals surface area (Å²) in [6, 6.07) is 1.93. The second-order valence-corrected chi connectivity index (χ2v) is 8.61. The van der Waals surface area contributed by atoms with E-state index in [1.165, 1.54) is 6.07 Å². The minimum absolute atomic E-state index is 0.0423. The van der Waals surface area contributed by atoms with Crippen molar-refractivity contribution in [2.45, 2.75) is 42.7 Å². The van der Waals surface area contributed by atoms with Crippen LogP contribution in [-0.2, 0) is 16.6 Å². The summed E-state index contributed by atoms with van der Waals surface area (Å²) in [5.41, 5.74) is 0.784. The predicted octanol–water partition coefficient (Wildman–Crippen LogP) is 2.49. The molecule has 0 bridgehead atoms. The molecule has 0 radical (unpaired) electrons. The van der Waals surface area contributed by atoms with Crippen molar-refractivity contribution in [1.82, 2.24) is 9.62 Å². The molecule has 4 nitrogen and oxygen atoms in total. The van der Waals surface area contributed by atoms with Crippen molar-refractivity contribution in [3.05, 3.63) is 16.5 Å². The van der Waals surface area contributed by atoms with E-state index in [-0.39, 0.29) is 4.21 Å². The highest BCUT2D eigenvalue weighted by Crippen LogP contribution is 2.30. The monoisotopic (exact) mass is 342 g/mol. The number of nitrogens with one attached hydrogen (secondary N) is 1. The molecule has 0 saturated heterocycles. The van der Waals surface area contributed by atoms with Crippen LogP contribution in [0.4, 0.5) is 13.2 Å². The molecule has 0 atom stereocenters. The highest BCUT2D eigenvalue weighted by atomic mass is 32.2. The molecule has 0 unspecified atom stereocenters. The normalized spacial score (nSPS) is 16.7. The Labute approximate surface area is 126 Å². The van der Waals surface area contributed by atoms with E-state index in [9.17, 15) is 21.6 Å². The molecule has 2 rings (SSSR count). The second-order valence-electron chi connectivity index (χ2n) is 5.20. The van der Waals surface area contributed by atoms with Crippen LogP contribution in [0.2, 0.25) is 0 Å². The van der Waals surface area contributed by atoms with Gasteiger partial charge in [0.05, 0.1) is 0 Å². The molecule has 120 valence electrons. The first-order valence-corrected chi connectivity index (χ1v) is 8.71. The zero-order valence-electron chi connectivity index (χ0n) is 11.7. The molecule has 1 heterocycles. The molecule has 0 amide bonds. The van der Waals surface area contributed by atoms with E-state index in [0.29, 0.717) is 16.9 Å². The molecule has 0 aromatic carbocycles. The van der Waals surface area contributed by atoms with Crippen molar-refractivity contribution < 1.29 is 21.6 Å². The first-order valence-electron chi connectivity index (χ1n) is 6.45. The summed E-state index contributed by atoms with van der Waals surface area (Å²) in [5.74, 6) is 0. The maximum Gasteiger partial charge on any atom is 0.402 e. The number of sulfonamides is 1. The smallest absolute Gasteiger partial charge is 0.309 e. The van der Waals surface area contributed by atoms with E-state index in [4.69, 9.17) is 0 Å². The van der Waals surface area contributed by atoms with E-state index in [1.807, 2.05) is 0 Å². The number of hydrogen-bond acceptors (Lipinski definition) is 4. The Morgan fingerprint density at radius 2 is 2.05 bits per heavy atom. The summed E-state index contributed by atoms with van der Waals surface area (Å²) in [7, 11) is -3.15. The molecule has 1 fully saturated rings. The summed E-state index contributed by atoms with van der Waals surface area (Å²) < 4.78 is 61.6. The SMILES string of the molecule is Cc1cc(S(=O)(=O)N(C)CC(F)(F)F)sc1CNC1CC1. The van der Waals surface area contributed by atoms with Crippen LogP contribution in [-0.4, -0.2) is 38.5 Å². The van der Waals surface area contributed by atoms with Gasteiger partial charge in [-0.1, -0.05) is 0 Å². The Morgan fingerprint density at radius 1 is 1.43 bits per heavy atom. The Kier molecular flexibility index (Phi) is 4.67. The van der Waals surface area contributed by atoms with Gasteiger partial charge in [0.15, 0.2) is 0 Å². The average Bonchev–Trinajstić information content (AvgIpc) is 3.08. The van der Waals surface area contributed by atoms with Crippen molar-refractivity contribution in [3.8, 4) is 0 Å². The van der Waals surface area contributed by atoms with Gasteiger partial charge >= 0.3 is 6.18 Å². The topological polar surface area (TPSA) is 49.4 Å². The molecular formula is C12H17F3N2O2S2. The third-order valence-electron chi connectivity index (χ3n) is 3.19. The molecule has 1 saturated carbocycles. The Hall–Kier alpha value is -0.640. The maximum absolute atomic E-state index is 12.3. The Balaban J connectivity index is 2.13. The predicted molar refractivity (Wildman–Crippen MR) is 74.8 cm³/mol. The highest BCUT2D eigenvalue weighted by molar-refractivity contribution is 7.91. The lowest BCUT2D eigenvalue weighted by Crippen LogP contribution is -2.35. The largest absolute Gasteiger partial charge is 0.402 e. The van der Waals surface area contributed by atoms with E-state index in [0.717, 1.165) is 41.7 Å². The molecule has 1 aliphatic rings. The van der Waals surface area contributed by atoms with Crippen molar-refractivity contribution >= 4 is 21.4 Å². The Morgan fingerprint density at radius 3 is 2.57 bits per heavy atom. The van der Waals surface area contributed by atoms with Crippen LogP contribution < -0.4 is 5.32 Å². The standard InChI is InChI=1S/C12H17F3N2O2S2/c1-8-5-11(20-10(8)6-16-9-3-4-9)21(18,19)17(2)7-12(13,14)15/h5,9,16H,3-4,6-7H2,1-2H3. The Bertz CT molecular complexity index is 607. The maximum atomic E-state index is 12.3. The molecule has 0 spiro atoms. The van der Waals surface area contributed by atoms with Gasteiger partial charge in [-0.25, -0.2) is 8.42 Å². The highest BCUT2D eigenvalue weighted by Gasteiger charge is 2.35. The minimum atomic E-state index is -4.55. The van der Waals surface area contributed by atoms with Gasteiger partial charge in [0.2, 0.25) is 0 Å². The zero-order chi connectivity index (χ0) is 15.8. The number of halogens is 3. The number of aryl methyl sites for hydroxylation is 1. The molecule has 9 heteroatoms. The summed E-state index contributed by atoms with van der Waals surface area (Å²) in [5, 5.41) is 3.27. The molecule has 1 N–H and O–H groups in total. The molecule has 1 aliphatic carbocycles. The van der Waals surface area contributed by atoms with Crippen molar-refractivity contribution in [2.75, 3.05) is 13.6 Å². The van der Waals surface area contributed by atoms with Crippen LogP contribution in [0.15, 0.2) is 10.3 Å². The van der Waals surface area contributed by atoms with Crippen LogP contribution in [0, 0.1) is 6.92 Å². The second kappa shape index (κ2) is 5.86. The zero-order valence-corrected chi connectivity index (χ0v) is 13.3. The lowest BCUT2D eigenvalue weighted by molar-refractivity contribution is -0.134.